The van der Waals surface area contributed by atoms with E-state index >= 15 is 0 Å². The molecule has 0 heterocycles. The first-order valence-corrected chi connectivity index (χ1v) is 8.13. The van der Waals surface area contributed by atoms with Crippen molar-refractivity contribution in [2.45, 2.75) is 52.4 Å². The highest BCUT2D eigenvalue weighted by Gasteiger charge is 2.28. The molecule has 2 rings (SSSR count). The summed E-state index contributed by atoms with van der Waals surface area (Å²) >= 11 is 0. The van der Waals surface area contributed by atoms with Crippen molar-refractivity contribution in [3.05, 3.63) is 58.7 Å². The van der Waals surface area contributed by atoms with Crippen LogP contribution in [0.15, 0.2) is 36.4 Å². The van der Waals surface area contributed by atoms with Crippen LogP contribution in [-0.4, -0.2) is 16.0 Å². The Morgan fingerprint density at radius 2 is 1.17 bits per heavy atom. The maximum atomic E-state index is 12.9. The molecule has 0 aliphatic heterocycles. The predicted molar refractivity (Wildman–Crippen MR) is 97.0 cm³/mol. The van der Waals surface area contributed by atoms with Gasteiger partial charge in [0.15, 0.2) is 5.78 Å². The van der Waals surface area contributed by atoms with Gasteiger partial charge in [-0.05, 0) is 47.2 Å². The summed E-state index contributed by atoms with van der Waals surface area (Å²) in [5.41, 5.74) is 2.02. The molecule has 3 nitrogen and oxygen atoms in total. The summed E-state index contributed by atoms with van der Waals surface area (Å²) in [5, 5.41) is 20.1. The molecule has 0 fully saturated rings. The van der Waals surface area contributed by atoms with Gasteiger partial charge in [0.05, 0.1) is 0 Å². The average molecular weight is 326 g/mol. The van der Waals surface area contributed by atoms with Gasteiger partial charge < -0.3 is 10.2 Å². The maximum absolute atomic E-state index is 12.9. The third kappa shape index (κ3) is 3.61. The SMILES string of the molecule is CC(C)(C)c1cc(C(=O)c2ccc(O)cc2)cc(C(C)(C)C)c1O. The first-order chi connectivity index (χ1) is 10.9. The quantitative estimate of drug-likeness (QED) is 0.770. The smallest absolute Gasteiger partial charge is 0.193 e. The molecule has 0 bridgehead atoms. The van der Waals surface area contributed by atoms with Crippen LogP contribution in [0, 0.1) is 0 Å². The van der Waals surface area contributed by atoms with Gasteiger partial charge in [0, 0.05) is 22.3 Å². The molecule has 2 N–H and O–H groups in total. The average Bonchev–Trinajstić information content (AvgIpc) is 2.45. The highest BCUT2D eigenvalue weighted by atomic mass is 16.3. The van der Waals surface area contributed by atoms with E-state index in [2.05, 4.69) is 0 Å². The molecule has 3 heteroatoms. The fourth-order valence-electron chi connectivity index (χ4n) is 2.69. The van der Waals surface area contributed by atoms with E-state index in [0.717, 1.165) is 11.1 Å². The number of rotatable bonds is 2. The third-order valence-electron chi connectivity index (χ3n) is 4.12. The number of phenols is 2. The van der Waals surface area contributed by atoms with Crippen LogP contribution in [0.4, 0.5) is 0 Å². The molecule has 0 radical (unpaired) electrons. The molecule has 2 aromatic rings. The summed E-state index contributed by atoms with van der Waals surface area (Å²) in [5.74, 6) is 0.270. The highest BCUT2D eigenvalue weighted by Crippen LogP contribution is 2.40. The van der Waals surface area contributed by atoms with Crippen molar-refractivity contribution in [3.8, 4) is 11.5 Å². The van der Waals surface area contributed by atoms with E-state index in [4.69, 9.17) is 0 Å². The molecule has 0 unspecified atom stereocenters. The summed E-state index contributed by atoms with van der Waals surface area (Å²) in [7, 11) is 0. The molecule has 0 atom stereocenters. The molecule has 0 aliphatic carbocycles. The standard InChI is InChI=1S/C21H26O3/c1-20(2,3)16-11-14(12-17(19(16)24)21(4,5)6)18(23)13-7-9-15(22)10-8-13/h7-12,22,24H,1-6H3. The Morgan fingerprint density at radius 1 is 0.750 bits per heavy atom. The topological polar surface area (TPSA) is 57.5 Å². The van der Waals surface area contributed by atoms with Gasteiger partial charge in [0.25, 0.3) is 0 Å². The van der Waals surface area contributed by atoms with E-state index in [0.29, 0.717) is 11.1 Å². The number of carbonyl (C=O) groups is 1. The Kier molecular flexibility index (Phi) is 4.49. The molecule has 0 amide bonds. The van der Waals surface area contributed by atoms with Gasteiger partial charge >= 0.3 is 0 Å². The molecule has 128 valence electrons. The number of hydrogen-bond donors (Lipinski definition) is 2. The lowest BCUT2D eigenvalue weighted by molar-refractivity contribution is 0.103. The maximum Gasteiger partial charge on any atom is 0.193 e. The van der Waals surface area contributed by atoms with Gasteiger partial charge in [-0.3, -0.25) is 4.79 Å². The Bertz CT molecular complexity index is 722. The zero-order chi connectivity index (χ0) is 18.3. The molecule has 0 saturated heterocycles. The van der Waals surface area contributed by atoms with E-state index in [1.54, 1.807) is 24.3 Å². The monoisotopic (exact) mass is 326 g/mol. The van der Waals surface area contributed by atoms with Crippen LogP contribution >= 0.6 is 0 Å². The first kappa shape index (κ1) is 18.1. The lowest BCUT2D eigenvalue weighted by Crippen LogP contribution is -2.19. The fraction of sp³-hybridized carbons (Fsp3) is 0.381. The molecule has 0 aromatic heterocycles. The third-order valence-corrected chi connectivity index (χ3v) is 4.12. The van der Waals surface area contributed by atoms with Crippen molar-refractivity contribution >= 4 is 5.78 Å². The predicted octanol–water partition coefficient (Wildman–Crippen LogP) is 4.92. The van der Waals surface area contributed by atoms with E-state index in [1.165, 1.54) is 12.1 Å². The minimum absolute atomic E-state index is 0.119. The molecule has 0 saturated carbocycles. The summed E-state index contributed by atoms with van der Waals surface area (Å²) in [6.07, 6.45) is 0. The molecular weight excluding hydrogens is 300 g/mol. The summed E-state index contributed by atoms with van der Waals surface area (Å²) in [4.78, 5) is 12.9. The number of benzene rings is 2. The Hall–Kier alpha value is -2.29. The molecule has 0 spiro atoms. The van der Waals surface area contributed by atoms with E-state index in [9.17, 15) is 15.0 Å². The first-order valence-electron chi connectivity index (χ1n) is 8.13. The van der Waals surface area contributed by atoms with Crippen LogP contribution in [0.5, 0.6) is 11.5 Å². The minimum Gasteiger partial charge on any atom is -0.508 e. The van der Waals surface area contributed by atoms with Crippen molar-refractivity contribution in [3.63, 3.8) is 0 Å². The molecule has 2 aromatic carbocycles. The lowest BCUT2D eigenvalue weighted by atomic mass is 9.78. The summed E-state index contributed by atoms with van der Waals surface area (Å²) in [6.45, 7) is 12.1. The van der Waals surface area contributed by atoms with Crippen LogP contribution in [0.1, 0.15) is 68.6 Å². The highest BCUT2D eigenvalue weighted by molar-refractivity contribution is 6.09. The Balaban J connectivity index is 2.66. The molecular formula is C21H26O3. The van der Waals surface area contributed by atoms with Crippen molar-refractivity contribution in [2.75, 3.05) is 0 Å². The van der Waals surface area contributed by atoms with Gasteiger partial charge in [-0.1, -0.05) is 41.5 Å². The Labute approximate surface area is 144 Å². The number of carbonyl (C=O) groups excluding carboxylic acids is 1. The van der Waals surface area contributed by atoms with Crippen molar-refractivity contribution < 1.29 is 15.0 Å². The van der Waals surface area contributed by atoms with Crippen LogP contribution in [0.25, 0.3) is 0 Å². The zero-order valence-corrected chi connectivity index (χ0v) is 15.3. The van der Waals surface area contributed by atoms with Gasteiger partial charge in [-0.15, -0.1) is 0 Å². The van der Waals surface area contributed by atoms with Gasteiger partial charge in [0.1, 0.15) is 11.5 Å². The second-order valence-corrected chi connectivity index (χ2v) is 8.30. The van der Waals surface area contributed by atoms with Crippen LogP contribution in [0.2, 0.25) is 0 Å². The van der Waals surface area contributed by atoms with Crippen LogP contribution < -0.4 is 0 Å². The minimum atomic E-state index is -0.282. The number of phenolic OH excluding ortho intramolecular Hbond substituents is 2. The summed E-state index contributed by atoms with van der Waals surface area (Å²) in [6, 6.07) is 9.78. The van der Waals surface area contributed by atoms with E-state index in [1.807, 2.05) is 41.5 Å². The van der Waals surface area contributed by atoms with Gasteiger partial charge in [0.2, 0.25) is 0 Å². The lowest BCUT2D eigenvalue weighted by Gasteiger charge is -2.28. The van der Waals surface area contributed by atoms with Crippen molar-refractivity contribution in [1.82, 2.24) is 0 Å². The van der Waals surface area contributed by atoms with Crippen molar-refractivity contribution in [2.24, 2.45) is 0 Å². The largest absolute Gasteiger partial charge is 0.508 e. The van der Waals surface area contributed by atoms with Crippen LogP contribution in [-0.2, 0) is 10.8 Å². The van der Waals surface area contributed by atoms with Gasteiger partial charge in [-0.25, -0.2) is 0 Å². The van der Waals surface area contributed by atoms with E-state index < -0.39 is 0 Å². The normalized spacial score (nSPS) is 12.2. The number of hydrogen-bond acceptors (Lipinski definition) is 3. The zero-order valence-electron chi connectivity index (χ0n) is 15.3. The van der Waals surface area contributed by atoms with Crippen LogP contribution in [0.3, 0.4) is 0 Å². The second-order valence-electron chi connectivity index (χ2n) is 8.30. The van der Waals surface area contributed by atoms with E-state index in [-0.39, 0.29) is 28.1 Å². The summed E-state index contributed by atoms with van der Waals surface area (Å²) < 4.78 is 0. The second kappa shape index (κ2) is 5.97. The number of ketones is 1. The Morgan fingerprint density at radius 3 is 1.54 bits per heavy atom. The van der Waals surface area contributed by atoms with Gasteiger partial charge in [-0.2, -0.15) is 0 Å². The fourth-order valence-corrected chi connectivity index (χ4v) is 2.69. The van der Waals surface area contributed by atoms with Crippen molar-refractivity contribution in [1.29, 1.82) is 0 Å². The molecule has 0 aliphatic rings. The number of aromatic hydroxyl groups is 2. The molecule has 24 heavy (non-hydrogen) atoms.